The molecule has 4 nitrogen and oxygen atoms in total. The van der Waals surface area contributed by atoms with Crippen LogP contribution in [0.5, 0.6) is 0 Å². The largest absolute Gasteiger partial charge is 0.409 e. The molecule has 1 aliphatic rings. The molecule has 1 aromatic rings. The van der Waals surface area contributed by atoms with Crippen LogP contribution in [0, 0.1) is 5.41 Å². The number of hydrogen-bond donors (Lipinski definition) is 3. The minimum atomic E-state index is 0.184. The van der Waals surface area contributed by atoms with Gasteiger partial charge in [-0.25, -0.2) is 0 Å². The minimum absolute atomic E-state index is 0.184. The Hall–Kier alpha value is -1.23. The Balaban J connectivity index is 1.88. The van der Waals surface area contributed by atoms with Crippen LogP contribution in [0.25, 0.3) is 0 Å². The Morgan fingerprint density at radius 2 is 2.06 bits per heavy atom. The molecule has 92 valence electrons. The molecule has 1 aliphatic carbocycles. The molecule has 1 saturated carbocycles. The second kappa shape index (κ2) is 4.96. The van der Waals surface area contributed by atoms with Crippen LogP contribution in [0.3, 0.4) is 0 Å². The standard InChI is InChI=1S/C12H16BrN3O/c13-9-1-3-10(4-2-9)15-8-12(5-6-12)7-11(14)16-17/h1-4,15,17H,5-8H2,(H2,14,16). The third-order valence-corrected chi connectivity index (χ3v) is 3.68. The molecule has 0 heterocycles. The number of amidine groups is 1. The van der Waals surface area contributed by atoms with Gasteiger partial charge >= 0.3 is 0 Å². The highest BCUT2D eigenvalue weighted by Crippen LogP contribution is 2.48. The Morgan fingerprint density at radius 3 is 2.59 bits per heavy atom. The number of benzene rings is 1. The average molecular weight is 298 g/mol. The van der Waals surface area contributed by atoms with Crippen LogP contribution < -0.4 is 11.1 Å². The first-order valence-electron chi connectivity index (χ1n) is 5.59. The van der Waals surface area contributed by atoms with Crippen LogP contribution >= 0.6 is 15.9 Å². The molecular formula is C12H16BrN3O. The van der Waals surface area contributed by atoms with Gasteiger partial charge in [0.25, 0.3) is 0 Å². The molecule has 2 rings (SSSR count). The second-order valence-corrected chi connectivity index (χ2v) is 5.54. The number of anilines is 1. The first-order chi connectivity index (χ1) is 8.13. The molecule has 0 atom stereocenters. The highest BCUT2D eigenvalue weighted by Gasteiger charge is 2.43. The van der Waals surface area contributed by atoms with Gasteiger partial charge in [-0.15, -0.1) is 0 Å². The van der Waals surface area contributed by atoms with Crippen molar-refractivity contribution in [3.05, 3.63) is 28.7 Å². The van der Waals surface area contributed by atoms with Crippen LogP contribution in [-0.4, -0.2) is 17.6 Å². The average Bonchev–Trinajstić information content (AvgIpc) is 3.09. The summed E-state index contributed by atoms with van der Waals surface area (Å²) in [4.78, 5) is 0. The fraction of sp³-hybridized carbons (Fsp3) is 0.417. The van der Waals surface area contributed by atoms with Crippen LogP contribution in [0.15, 0.2) is 33.9 Å². The van der Waals surface area contributed by atoms with E-state index in [1.807, 2.05) is 24.3 Å². The molecule has 1 aromatic carbocycles. The summed E-state index contributed by atoms with van der Waals surface area (Å²) >= 11 is 3.40. The Bertz CT molecular complexity index is 412. The molecule has 0 amide bonds. The monoisotopic (exact) mass is 297 g/mol. The van der Waals surface area contributed by atoms with Gasteiger partial charge in [-0.3, -0.25) is 0 Å². The summed E-state index contributed by atoms with van der Waals surface area (Å²) in [5.41, 5.74) is 6.83. The quantitative estimate of drug-likeness (QED) is 0.339. The fourth-order valence-corrected chi connectivity index (χ4v) is 2.13. The molecule has 17 heavy (non-hydrogen) atoms. The fourth-order valence-electron chi connectivity index (χ4n) is 1.87. The highest BCUT2D eigenvalue weighted by molar-refractivity contribution is 9.10. The van der Waals surface area contributed by atoms with Gasteiger partial charge in [-0.1, -0.05) is 21.1 Å². The number of oxime groups is 1. The van der Waals surface area contributed by atoms with Crippen LogP contribution in [0.1, 0.15) is 19.3 Å². The van der Waals surface area contributed by atoms with Crippen molar-refractivity contribution in [1.82, 2.24) is 0 Å². The number of halogens is 1. The van der Waals surface area contributed by atoms with Gasteiger partial charge in [0.15, 0.2) is 0 Å². The number of rotatable bonds is 5. The van der Waals surface area contributed by atoms with E-state index in [1.165, 1.54) is 0 Å². The summed E-state index contributed by atoms with van der Waals surface area (Å²) in [5, 5.41) is 15.0. The summed E-state index contributed by atoms with van der Waals surface area (Å²) in [6.07, 6.45) is 2.92. The van der Waals surface area contributed by atoms with E-state index in [1.54, 1.807) is 0 Å². The lowest BCUT2D eigenvalue weighted by Crippen LogP contribution is -2.23. The van der Waals surface area contributed by atoms with Crippen molar-refractivity contribution >= 4 is 27.5 Å². The van der Waals surface area contributed by atoms with Crippen molar-refractivity contribution in [2.24, 2.45) is 16.3 Å². The molecule has 5 heteroatoms. The van der Waals surface area contributed by atoms with E-state index in [0.717, 1.165) is 29.5 Å². The molecule has 0 unspecified atom stereocenters. The molecule has 1 fully saturated rings. The summed E-state index contributed by atoms with van der Waals surface area (Å²) < 4.78 is 1.07. The maximum absolute atomic E-state index is 8.58. The lowest BCUT2D eigenvalue weighted by molar-refractivity contribution is 0.315. The van der Waals surface area contributed by atoms with E-state index in [0.29, 0.717) is 12.3 Å². The van der Waals surface area contributed by atoms with E-state index in [4.69, 9.17) is 10.9 Å². The second-order valence-electron chi connectivity index (χ2n) is 4.63. The topological polar surface area (TPSA) is 70.6 Å². The van der Waals surface area contributed by atoms with Gasteiger partial charge < -0.3 is 16.3 Å². The van der Waals surface area contributed by atoms with E-state index >= 15 is 0 Å². The zero-order chi connectivity index (χ0) is 12.3. The molecule has 0 bridgehead atoms. The zero-order valence-electron chi connectivity index (χ0n) is 9.49. The Morgan fingerprint density at radius 1 is 1.41 bits per heavy atom. The van der Waals surface area contributed by atoms with Crippen molar-refractivity contribution in [3.8, 4) is 0 Å². The van der Waals surface area contributed by atoms with Crippen molar-refractivity contribution < 1.29 is 5.21 Å². The number of nitrogens with two attached hydrogens (primary N) is 1. The molecule has 4 N–H and O–H groups in total. The predicted molar refractivity (Wildman–Crippen MR) is 72.3 cm³/mol. The van der Waals surface area contributed by atoms with Gasteiger partial charge in [0.1, 0.15) is 5.84 Å². The van der Waals surface area contributed by atoms with Crippen LogP contribution in [0.4, 0.5) is 5.69 Å². The molecule has 0 saturated heterocycles. The maximum Gasteiger partial charge on any atom is 0.139 e. The number of nitrogens with zero attached hydrogens (tertiary/aromatic N) is 1. The smallest absolute Gasteiger partial charge is 0.139 e. The van der Waals surface area contributed by atoms with Crippen molar-refractivity contribution in [2.75, 3.05) is 11.9 Å². The Kier molecular flexibility index (Phi) is 3.57. The van der Waals surface area contributed by atoms with E-state index in [-0.39, 0.29) is 5.41 Å². The lowest BCUT2D eigenvalue weighted by atomic mass is 10.0. The maximum atomic E-state index is 8.58. The Labute approximate surface area is 109 Å². The third kappa shape index (κ3) is 3.36. The first-order valence-corrected chi connectivity index (χ1v) is 6.39. The van der Waals surface area contributed by atoms with E-state index in [9.17, 15) is 0 Å². The van der Waals surface area contributed by atoms with E-state index < -0.39 is 0 Å². The third-order valence-electron chi connectivity index (χ3n) is 3.15. The molecule has 0 spiro atoms. The number of hydrogen-bond acceptors (Lipinski definition) is 3. The predicted octanol–water partition coefficient (Wildman–Crippen LogP) is 2.78. The van der Waals surface area contributed by atoms with Crippen LogP contribution in [0.2, 0.25) is 0 Å². The van der Waals surface area contributed by atoms with Crippen LogP contribution in [-0.2, 0) is 0 Å². The lowest BCUT2D eigenvalue weighted by Gasteiger charge is -2.16. The van der Waals surface area contributed by atoms with Gasteiger partial charge in [-0.05, 0) is 42.5 Å². The summed E-state index contributed by atoms with van der Waals surface area (Å²) in [5.74, 6) is 0.320. The molecule has 0 aliphatic heterocycles. The normalized spacial score (nSPS) is 17.8. The van der Waals surface area contributed by atoms with Gasteiger partial charge in [-0.2, -0.15) is 0 Å². The van der Waals surface area contributed by atoms with Gasteiger partial charge in [0.05, 0.1) is 0 Å². The minimum Gasteiger partial charge on any atom is -0.409 e. The van der Waals surface area contributed by atoms with Crippen molar-refractivity contribution in [1.29, 1.82) is 0 Å². The first kappa shape index (κ1) is 12.2. The summed E-state index contributed by atoms with van der Waals surface area (Å²) in [7, 11) is 0. The summed E-state index contributed by atoms with van der Waals surface area (Å²) in [6.45, 7) is 0.866. The molecule has 0 aromatic heterocycles. The SMILES string of the molecule is NC(CC1(CNc2ccc(Br)cc2)CC1)=NO. The van der Waals surface area contributed by atoms with E-state index in [2.05, 4.69) is 26.4 Å². The number of nitrogens with one attached hydrogen (secondary N) is 1. The highest BCUT2D eigenvalue weighted by atomic mass is 79.9. The zero-order valence-corrected chi connectivity index (χ0v) is 11.1. The van der Waals surface area contributed by atoms with Crippen molar-refractivity contribution in [3.63, 3.8) is 0 Å². The van der Waals surface area contributed by atoms with Crippen molar-refractivity contribution in [2.45, 2.75) is 19.3 Å². The molecule has 0 radical (unpaired) electrons. The summed E-state index contributed by atoms with van der Waals surface area (Å²) in [6, 6.07) is 8.07. The van der Waals surface area contributed by atoms with Gasteiger partial charge in [0, 0.05) is 23.1 Å². The van der Waals surface area contributed by atoms with Gasteiger partial charge in [0.2, 0.25) is 0 Å². The molecular weight excluding hydrogens is 282 g/mol.